The van der Waals surface area contributed by atoms with Gasteiger partial charge in [0.15, 0.2) is 0 Å². The van der Waals surface area contributed by atoms with Crippen LogP contribution in [0.15, 0.2) is 34.3 Å². The molecule has 2 aromatic rings. The van der Waals surface area contributed by atoms with Crippen molar-refractivity contribution in [2.75, 3.05) is 19.6 Å². The minimum absolute atomic E-state index is 0.0145. The number of carbonyl (C=O) groups excluding carboxylic acids is 2. The van der Waals surface area contributed by atoms with Crippen molar-refractivity contribution in [2.24, 2.45) is 5.92 Å². The Kier molecular flexibility index (Phi) is 5.90. The fraction of sp³-hybridized carbons (Fsp3) is 0.476. The lowest BCUT2D eigenvalue weighted by molar-refractivity contribution is -0.127. The van der Waals surface area contributed by atoms with E-state index in [1.165, 1.54) is 0 Å². The highest BCUT2D eigenvalue weighted by atomic mass is 32.1. The quantitative estimate of drug-likeness (QED) is 0.726. The maximum atomic E-state index is 12.5. The summed E-state index contributed by atoms with van der Waals surface area (Å²) in [6, 6.07) is 3.63. The SMILES string of the molecule is O=C(NCCc1csc(C2CCCN(C(=O)C=Cc3ccco3)C2)n1)C1CC1. The molecule has 0 bridgehead atoms. The number of hydrogen-bond donors (Lipinski definition) is 1. The lowest BCUT2D eigenvalue weighted by Gasteiger charge is -2.31. The van der Waals surface area contributed by atoms with Crippen LogP contribution in [0.4, 0.5) is 0 Å². The summed E-state index contributed by atoms with van der Waals surface area (Å²) in [5, 5.41) is 6.16. The lowest BCUT2D eigenvalue weighted by atomic mass is 9.98. The van der Waals surface area contributed by atoms with Gasteiger partial charge in [0.1, 0.15) is 5.76 Å². The van der Waals surface area contributed by atoms with Gasteiger partial charge in [-0.3, -0.25) is 9.59 Å². The second-order valence-electron chi connectivity index (χ2n) is 7.46. The van der Waals surface area contributed by atoms with Crippen molar-refractivity contribution in [2.45, 2.75) is 38.0 Å². The van der Waals surface area contributed by atoms with Gasteiger partial charge in [-0.15, -0.1) is 11.3 Å². The zero-order chi connectivity index (χ0) is 19.3. The van der Waals surface area contributed by atoms with Crippen molar-refractivity contribution in [1.29, 1.82) is 0 Å². The zero-order valence-electron chi connectivity index (χ0n) is 15.8. The molecule has 2 aliphatic rings. The van der Waals surface area contributed by atoms with Gasteiger partial charge < -0.3 is 14.6 Å². The number of thiazole rings is 1. The summed E-state index contributed by atoms with van der Waals surface area (Å²) in [5.74, 6) is 1.41. The number of carbonyl (C=O) groups is 2. The third-order valence-electron chi connectivity index (χ3n) is 5.21. The topological polar surface area (TPSA) is 75.4 Å². The minimum atomic E-state index is 0.0145. The van der Waals surface area contributed by atoms with Crippen molar-refractivity contribution < 1.29 is 14.0 Å². The molecule has 1 N–H and O–H groups in total. The molecule has 1 unspecified atom stereocenters. The number of nitrogens with zero attached hydrogens (tertiary/aromatic N) is 2. The van der Waals surface area contributed by atoms with Crippen LogP contribution >= 0.6 is 11.3 Å². The first-order valence-electron chi connectivity index (χ1n) is 9.91. The second kappa shape index (κ2) is 8.73. The predicted molar refractivity (Wildman–Crippen MR) is 108 cm³/mol. The van der Waals surface area contributed by atoms with Gasteiger partial charge in [-0.2, -0.15) is 0 Å². The third kappa shape index (κ3) is 4.90. The molecule has 1 saturated heterocycles. The van der Waals surface area contributed by atoms with Crippen LogP contribution in [0.3, 0.4) is 0 Å². The molecule has 28 heavy (non-hydrogen) atoms. The fourth-order valence-corrected chi connectivity index (χ4v) is 4.43. The molecule has 0 aromatic carbocycles. The summed E-state index contributed by atoms with van der Waals surface area (Å²) in [6.07, 6.45) is 9.74. The number of aromatic nitrogens is 1. The first-order valence-corrected chi connectivity index (χ1v) is 10.8. The van der Waals surface area contributed by atoms with Crippen molar-refractivity contribution in [1.82, 2.24) is 15.2 Å². The van der Waals surface area contributed by atoms with E-state index >= 15 is 0 Å². The number of hydrogen-bond acceptors (Lipinski definition) is 5. The van der Waals surface area contributed by atoms with E-state index in [0.29, 0.717) is 18.8 Å². The van der Waals surface area contributed by atoms with Gasteiger partial charge in [0, 0.05) is 49.3 Å². The molecule has 1 saturated carbocycles. The third-order valence-corrected chi connectivity index (χ3v) is 6.27. The Morgan fingerprint density at radius 1 is 1.36 bits per heavy atom. The first-order chi connectivity index (χ1) is 13.7. The Hall–Kier alpha value is -2.41. The van der Waals surface area contributed by atoms with Crippen LogP contribution in [0.1, 0.15) is 48.1 Å². The Bertz CT molecular complexity index is 839. The zero-order valence-corrected chi connectivity index (χ0v) is 16.6. The van der Waals surface area contributed by atoms with Gasteiger partial charge in [-0.25, -0.2) is 4.98 Å². The Balaban J connectivity index is 1.28. The smallest absolute Gasteiger partial charge is 0.246 e. The van der Waals surface area contributed by atoms with Crippen LogP contribution in [0.25, 0.3) is 6.08 Å². The average molecular weight is 400 g/mol. The standard InChI is InChI=1S/C21H25N3O3S/c25-19(8-7-18-4-2-12-27-18)24-11-1-3-16(13-24)21-23-17(14-28-21)9-10-22-20(26)15-5-6-15/h2,4,7-8,12,14-16H,1,3,5-6,9-11,13H2,(H,22,26). The lowest BCUT2D eigenvalue weighted by Crippen LogP contribution is -2.38. The molecular formula is C21H25N3O3S. The second-order valence-corrected chi connectivity index (χ2v) is 8.35. The summed E-state index contributed by atoms with van der Waals surface area (Å²) >= 11 is 1.66. The molecule has 1 aliphatic carbocycles. The molecule has 7 heteroatoms. The summed E-state index contributed by atoms with van der Waals surface area (Å²) in [5.41, 5.74) is 1.03. The van der Waals surface area contributed by atoms with E-state index in [2.05, 4.69) is 10.7 Å². The van der Waals surface area contributed by atoms with Crippen LogP contribution < -0.4 is 5.32 Å². The van der Waals surface area contributed by atoms with E-state index in [1.54, 1.807) is 35.8 Å². The largest absolute Gasteiger partial charge is 0.465 e. The monoisotopic (exact) mass is 399 g/mol. The molecule has 1 atom stereocenters. The van der Waals surface area contributed by atoms with E-state index < -0.39 is 0 Å². The van der Waals surface area contributed by atoms with Crippen LogP contribution in [0.2, 0.25) is 0 Å². The highest BCUT2D eigenvalue weighted by molar-refractivity contribution is 7.09. The highest BCUT2D eigenvalue weighted by Gasteiger charge is 2.29. The Morgan fingerprint density at radius 3 is 3.04 bits per heavy atom. The summed E-state index contributed by atoms with van der Waals surface area (Å²) in [4.78, 5) is 30.8. The molecule has 2 amide bonds. The number of rotatable bonds is 7. The van der Waals surface area contributed by atoms with E-state index in [0.717, 1.165) is 49.4 Å². The van der Waals surface area contributed by atoms with Gasteiger partial charge >= 0.3 is 0 Å². The van der Waals surface area contributed by atoms with Crippen LogP contribution in [-0.4, -0.2) is 41.3 Å². The number of furan rings is 1. The normalized spacial score (nSPS) is 19.9. The van der Waals surface area contributed by atoms with Crippen LogP contribution in [-0.2, 0) is 16.0 Å². The van der Waals surface area contributed by atoms with E-state index in [9.17, 15) is 9.59 Å². The summed E-state index contributed by atoms with van der Waals surface area (Å²) in [6.45, 7) is 2.13. The summed E-state index contributed by atoms with van der Waals surface area (Å²) in [7, 11) is 0. The molecule has 0 spiro atoms. The maximum Gasteiger partial charge on any atom is 0.246 e. The molecule has 0 radical (unpaired) electrons. The summed E-state index contributed by atoms with van der Waals surface area (Å²) < 4.78 is 5.24. The van der Waals surface area contributed by atoms with Gasteiger partial charge in [0.25, 0.3) is 0 Å². The van der Waals surface area contributed by atoms with Gasteiger partial charge in [0.05, 0.1) is 17.0 Å². The molecule has 2 aromatic heterocycles. The van der Waals surface area contributed by atoms with Crippen LogP contribution in [0.5, 0.6) is 0 Å². The highest BCUT2D eigenvalue weighted by Crippen LogP contribution is 2.30. The molecular weight excluding hydrogens is 374 g/mol. The van der Waals surface area contributed by atoms with Crippen molar-refractivity contribution >= 4 is 29.2 Å². The molecule has 148 valence electrons. The molecule has 4 rings (SSSR count). The van der Waals surface area contributed by atoms with Crippen molar-refractivity contribution in [3.8, 4) is 0 Å². The van der Waals surface area contributed by atoms with Gasteiger partial charge in [-0.05, 0) is 43.9 Å². The minimum Gasteiger partial charge on any atom is -0.465 e. The number of nitrogens with one attached hydrogen (secondary N) is 1. The van der Waals surface area contributed by atoms with E-state index in [1.807, 2.05) is 11.0 Å². The fourth-order valence-electron chi connectivity index (χ4n) is 3.45. The number of likely N-dealkylation sites (tertiary alicyclic amines) is 1. The van der Waals surface area contributed by atoms with E-state index in [-0.39, 0.29) is 23.7 Å². The Morgan fingerprint density at radius 2 is 2.25 bits per heavy atom. The maximum absolute atomic E-state index is 12.5. The molecule has 6 nitrogen and oxygen atoms in total. The Labute approximate surface area is 168 Å². The average Bonchev–Trinajstić information content (AvgIpc) is 3.24. The van der Waals surface area contributed by atoms with Crippen molar-refractivity contribution in [3.63, 3.8) is 0 Å². The van der Waals surface area contributed by atoms with Crippen LogP contribution in [0, 0.1) is 5.92 Å². The number of amides is 2. The molecule has 2 fully saturated rings. The first kappa shape index (κ1) is 18.9. The van der Waals surface area contributed by atoms with Gasteiger partial charge in [-0.1, -0.05) is 0 Å². The predicted octanol–water partition coefficient (Wildman–Crippen LogP) is 3.22. The molecule has 3 heterocycles. The van der Waals surface area contributed by atoms with Gasteiger partial charge in [0.2, 0.25) is 11.8 Å². The van der Waals surface area contributed by atoms with Crippen molar-refractivity contribution in [3.05, 3.63) is 46.3 Å². The van der Waals surface area contributed by atoms with E-state index in [4.69, 9.17) is 9.40 Å². The molecule has 1 aliphatic heterocycles. The number of piperidine rings is 1.